The molecule has 0 radical (unpaired) electrons. The van der Waals surface area contributed by atoms with E-state index in [2.05, 4.69) is 36.6 Å². The smallest absolute Gasteiger partial charge is 0.242 e. The van der Waals surface area contributed by atoms with Crippen LogP contribution in [0.2, 0.25) is 0 Å². The SMILES string of the molecule is CCC[C@H](N)C(=O)Nc1cc(C(C)NCCC(C)(C)C)on1. The Bertz CT molecular complexity index is 465. The lowest BCUT2D eigenvalue weighted by Crippen LogP contribution is -2.35. The first-order valence-corrected chi connectivity index (χ1v) is 7.99. The fraction of sp³-hybridized carbons (Fsp3) is 0.750. The molecule has 0 saturated carbocycles. The van der Waals surface area contributed by atoms with Gasteiger partial charge in [0.2, 0.25) is 5.91 Å². The number of rotatable bonds is 8. The fourth-order valence-corrected chi connectivity index (χ4v) is 1.98. The van der Waals surface area contributed by atoms with Crippen LogP contribution in [0.3, 0.4) is 0 Å². The van der Waals surface area contributed by atoms with Crippen LogP contribution in [0.15, 0.2) is 10.6 Å². The monoisotopic (exact) mass is 310 g/mol. The normalized spacial score (nSPS) is 14.6. The Hall–Kier alpha value is -1.40. The number of aromatic nitrogens is 1. The number of nitrogens with zero attached hydrogens (tertiary/aromatic N) is 1. The van der Waals surface area contributed by atoms with Crippen LogP contribution in [0.4, 0.5) is 5.82 Å². The number of hydrogen-bond acceptors (Lipinski definition) is 5. The molecule has 126 valence electrons. The molecule has 0 spiro atoms. The number of carbonyl (C=O) groups is 1. The van der Waals surface area contributed by atoms with E-state index in [0.717, 1.165) is 19.4 Å². The molecular weight excluding hydrogens is 280 g/mol. The molecule has 0 aliphatic carbocycles. The van der Waals surface area contributed by atoms with E-state index >= 15 is 0 Å². The van der Waals surface area contributed by atoms with E-state index in [1.807, 2.05) is 13.8 Å². The Morgan fingerprint density at radius 1 is 1.45 bits per heavy atom. The van der Waals surface area contributed by atoms with E-state index < -0.39 is 6.04 Å². The molecule has 6 nitrogen and oxygen atoms in total. The summed E-state index contributed by atoms with van der Waals surface area (Å²) in [5.74, 6) is 0.888. The minimum atomic E-state index is -0.507. The van der Waals surface area contributed by atoms with Crippen LogP contribution < -0.4 is 16.4 Å². The highest BCUT2D eigenvalue weighted by atomic mass is 16.5. The topological polar surface area (TPSA) is 93.2 Å². The van der Waals surface area contributed by atoms with Crippen LogP contribution >= 0.6 is 0 Å². The van der Waals surface area contributed by atoms with Gasteiger partial charge in [-0.15, -0.1) is 0 Å². The number of amides is 1. The summed E-state index contributed by atoms with van der Waals surface area (Å²) in [6, 6.07) is 1.28. The van der Waals surface area contributed by atoms with Crippen molar-refractivity contribution in [3.05, 3.63) is 11.8 Å². The van der Waals surface area contributed by atoms with Crippen molar-refractivity contribution in [1.29, 1.82) is 0 Å². The molecule has 0 saturated heterocycles. The van der Waals surface area contributed by atoms with Gasteiger partial charge in [-0.05, 0) is 31.7 Å². The Labute approximate surface area is 133 Å². The lowest BCUT2D eigenvalue weighted by atomic mass is 9.92. The van der Waals surface area contributed by atoms with Crippen molar-refractivity contribution < 1.29 is 9.32 Å². The summed E-state index contributed by atoms with van der Waals surface area (Å²) in [5.41, 5.74) is 6.06. The summed E-state index contributed by atoms with van der Waals surface area (Å²) in [6.45, 7) is 11.5. The summed E-state index contributed by atoms with van der Waals surface area (Å²) in [4.78, 5) is 11.8. The van der Waals surface area contributed by atoms with Gasteiger partial charge in [0.1, 0.15) is 0 Å². The average molecular weight is 310 g/mol. The van der Waals surface area contributed by atoms with Crippen LogP contribution in [0.5, 0.6) is 0 Å². The molecule has 22 heavy (non-hydrogen) atoms. The zero-order valence-corrected chi connectivity index (χ0v) is 14.4. The van der Waals surface area contributed by atoms with Crippen molar-refractivity contribution in [2.24, 2.45) is 11.1 Å². The predicted molar refractivity (Wildman–Crippen MR) is 88.5 cm³/mol. The summed E-state index contributed by atoms with van der Waals surface area (Å²) >= 11 is 0. The predicted octanol–water partition coefficient (Wildman–Crippen LogP) is 2.83. The van der Waals surface area contributed by atoms with Crippen molar-refractivity contribution in [3.63, 3.8) is 0 Å². The maximum absolute atomic E-state index is 11.8. The quantitative estimate of drug-likeness (QED) is 0.686. The average Bonchev–Trinajstić information content (AvgIpc) is 2.86. The number of anilines is 1. The van der Waals surface area contributed by atoms with E-state index in [9.17, 15) is 4.79 Å². The maximum Gasteiger partial charge on any atom is 0.242 e. The Kier molecular flexibility index (Phi) is 7.03. The van der Waals surface area contributed by atoms with E-state index in [1.54, 1.807) is 6.07 Å². The Morgan fingerprint density at radius 3 is 2.73 bits per heavy atom. The molecule has 0 aliphatic rings. The molecule has 1 rings (SSSR count). The highest BCUT2D eigenvalue weighted by Crippen LogP contribution is 2.20. The molecule has 0 aromatic carbocycles. The van der Waals surface area contributed by atoms with Gasteiger partial charge >= 0.3 is 0 Å². The van der Waals surface area contributed by atoms with Gasteiger partial charge in [-0.3, -0.25) is 4.79 Å². The minimum Gasteiger partial charge on any atom is -0.358 e. The lowest BCUT2D eigenvalue weighted by molar-refractivity contribution is -0.117. The van der Waals surface area contributed by atoms with Gasteiger partial charge in [0, 0.05) is 6.07 Å². The molecule has 2 atom stereocenters. The summed E-state index contributed by atoms with van der Waals surface area (Å²) in [7, 11) is 0. The van der Waals surface area contributed by atoms with Crippen LogP contribution in [0, 0.1) is 5.41 Å². The third-order valence-corrected chi connectivity index (χ3v) is 3.47. The summed E-state index contributed by atoms with van der Waals surface area (Å²) in [6.07, 6.45) is 2.59. The molecule has 6 heteroatoms. The zero-order valence-electron chi connectivity index (χ0n) is 14.4. The van der Waals surface area contributed by atoms with Crippen LogP contribution in [0.25, 0.3) is 0 Å². The van der Waals surface area contributed by atoms with Crippen LogP contribution in [0.1, 0.15) is 65.7 Å². The largest absolute Gasteiger partial charge is 0.358 e. The molecular formula is C16H30N4O2. The molecule has 1 unspecified atom stereocenters. The van der Waals surface area contributed by atoms with E-state index in [-0.39, 0.29) is 11.9 Å². The molecule has 0 fully saturated rings. The van der Waals surface area contributed by atoms with Crippen molar-refractivity contribution >= 4 is 11.7 Å². The summed E-state index contributed by atoms with van der Waals surface area (Å²) in [5, 5.41) is 9.95. The van der Waals surface area contributed by atoms with Gasteiger partial charge in [0.05, 0.1) is 12.1 Å². The molecule has 1 aromatic rings. The first-order chi connectivity index (χ1) is 10.2. The van der Waals surface area contributed by atoms with E-state index in [1.165, 1.54) is 0 Å². The summed E-state index contributed by atoms with van der Waals surface area (Å²) < 4.78 is 5.28. The molecule has 0 aliphatic heterocycles. The number of carbonyl (C=O) groups excluding carboxylic acids is 1. The Morgan fingerprint density at radius 2 is 2.14 bits per heavy atom. The van der Waals surface area contributed by atoms with Gasteiger partial charge < -0.3 is 20.9 Å². The lowest BCUT2D eigenvalue weighted by Gasteiger charge is -2.19. The number of nitrogens with two attached hydrogens (primary N) is 1. The minimum absolute atomic E-state index is 0.0461. The first-order valence-electron chi connectivity index (χ1n) is 7.99. The molecule has 1 amide bonds. The first kappa shape index (κ1) is 18.6. The molecule has 1 aromatic heterocycles. The highest BCUT2D eigenvalue weighted by Gasteiger charge is 2.17. The van der Waals surface area contributed by atoms with Crippen molar-refractivity contribution in [2.45, 2.75) is 66.0 Å². The van der Waals surface area contributed by atoms with Gasteiger partial charge in [-0.25, -0.2) is 0 Å². The van der Waals surface area contributed by atoms with Crippen LogP contribution in [-0.4, -0.2) is 23.7 Å². The Balaban J connectivity index is 2.47. The van der Waals surface area contributed by atoms with Crippen molar-refractivity contribution in [2.75, 3.05) is 11.9 Å². The highest BCUT2D eigenvalue weighted by molar-refractivity contribution is 5.93. The molecule has 0 bridgehead atoms. The number of hydrogen-bond donors (Lipinski definition) is 3. The van der Waals surface area contributed by atoms with Crippen molar-refractivity contribution in [1.82, 2.24) is 10.5 Å². The second-order valence-corrected chi connectivity index (χ2v) is 6.99. The second kappa shape index (κ2) is 8.29. The van der Waals surface area contributed by atoms with Crippen LogP contribution in [-0.2, 0) is 4.79 Å². The fourth-order valence-electron chi connectivity index (χ4n) is 1.98. The van der Waals surface area contributed by atoms with Gasteiger partial charge in [-0.1, -0.05) is 39.3 Å². The second-order valence-electron chi connectivity index (χ2n) is 6.99. The van der Waals surface area contributed by atoms with Gasteiger partial charge in [0.25, 0.3) is 0 Å². The van der Waals surface area contributed by atoms with Gasteiger partial charge in [-0.2, -0.15) is 0 Å². The molecule has 4 N–H and O–H groups in total. The number of nitrogens with one attached hydrogen (secondary N) is 2. The third-order valence-electron chi connectivity index (χ3n) is 3.47. The standard InChI is InChI=1S/C16H30N4O2/c1-6-7-12(17)15(21)19-14-10-13(22-20-14)11(2)18-9-8-16(3,4)5/h10-12,18H,6-9,17H2,1-5H3,(H,19,20,21)/t11?,12-/m0/s1. The van der Waals surface area contributed by atoms with E-state index in [0.29, 0.717) is 23.4 Å². The van der Waals surface area contributed by atoms with E-state index in [4.69, 9.17) is 10.3 Å². The van der Waals surface area contributed by atoms with Gasteiger partial charge in [0.15, 0.2) is 11.6 Å². The molecule has 1 heterocycles. The zero-order chi connectivity index (χ0) is 16.8. The maximum atomic E-state index is 11.8. The van der Waals surface area contributed by atoms with Crippen molar-refractivity contribution in [3.8, 4) is 0 Å². The third kappa shape index (κ3) is 6.58.